The number of nitrogen functional groups attached to an aromatic ring is 1. The van der Waals surface area contributed by atoms with Crippen LogP contribution in [-0.2, 0) is 10.1 Å². The third-order valence-electron chi connectivity index (χ3n) is 1.69. The second kappa shape index (κ2) is 5.26. The average Bonchev–Trinajstić information content (AvgIpc) is 2.58. The number of hydrogen-bond donors (Lipinski definition) is 3. The summed E-state index contributed by atoms with van der Waals surface area (Å²) in [5.74, 6) is 0.149. The van der Waals surface area contributed by atoms with Crippen LogP contribution in [-0.4, -0.2) is 25.1 Å². The molecule has 0 aliphatic carbocycles. The molecule has 0 unspecified atom stereocenters. The van der Waals surface area contributed by atoms with Crippen molar-refractivity contribution >= 4 is 37.4 Å². The maximum atomic E-state index is 9.19. The highest BCUT2D eigenvalue weighted by atomic mass is 32.2. The molecule has 7 heteroatoms. The Morgan fingerprint density at radius 3 is 2.41 bits per heavy atom. The molecule has 17 heavy (non-hydrogen) atoms. The summed E-state index contributed by atoms with van der Waals surface area (Å²) in [5, 5.41) is 8.42. The van der Waals surface area contributed by atoms with Gasteiger partial charge < -0.3 is 5.73 Å². The largest absolute Gasteiger partial charge is 0.383 e. The van der Waals surface area contributed by atoms with E-state index in [1.165, 1.54) is 4.70 Å². The summed E-state index contributed by atoms with van der Waals surface area (Å²) < 4.78 is 27.1. The van der Waals surface area contributed by atoms with Crippen molar-refractivity contribution in [1.82, 2.24) is 0 Å². The van der Waals surface area contributed by atoms with Gasteiger partial charge in [-0.05, 0) is 17.5 Å². The van der Waals surface area contributed by atoms with Gasteiger partial charge in [-0.1, -0.05) is 18.2 Å². The molecule has 1 aromatic carbocycles. The van der Waals surface area contributed by atoms with Gasteiger partial charge in [-0.15, -0.1) is 11.3 Å². The molecule has 0 aliphatic heterocycles. The SMILES string of the molecule is CS(=O)(=O)O.N=C(N)c1cc2ccccc2s1. The highest BCUT2D eigenvalue weighted by molar-refractivity contribution is 7.85. The first-order valence-corrected chi connectivity index (χ1v) is 7.19. The van der Waals surface area contributed by atoms with Gasteiger partial charge in [0, 0.05) is 4.70 Å². The molecule has 0 atom stereocenters. The van der Waals surface area contributed by atoms with Crippen molar-refractivity contribution in [3.8, 4) is 0 Å². The van der Waals surface area contributed by atoms with Crippen LogP contribution in [0.1, 0.15) is 4.88 Å². The third-order valence-corrected chi connectivity index (χ3v) is 2.84. The van der Waals surface area contributed by atoms with E-state index < -0.39 is 10.1 Å². The molecule has 1 heterocycles. The van der Waals surface area contributed by atoms with Gasteiger partial charge in [0.2, 0.25) is 0 Å². The van der Waals surface area contributed by atoms with Gasteiger partial charge in [0.1, 0.15) is 5.84 Å². The van der Waals surface area contributed by atoms with Crippen LogP contribution in [0.25, 0.3) is 10.1 Å². The molecule has 92 valence electrons. The van der Waals surface area contributed by atoms with Crippen LogP contribution in [0.2, 0.25) is 0 Å². The van der Waals surface area contributed by atoms with Crippen LogP contribution >= 0.6 is 11.3 Å². The summed E-state index contributed by atoms with van der Waals surface area (Å²) in [6, 6.07) is 9.98. The summed E-state index contributed by atoms with van der Waals surface area (Å²) in [6.07, 6.45) is 0.715. The lowest BCUT2D eigenvalue weighted by atomic mass is 10.2. The molecular formula is C10H12N2O3S2. The maximum Gasteiger partial charge on any atom is 0.261 e. The molecule has 2 aromatic rings. The quantitative estimate of drug-likeness (QED) is 0.417. The van der Waals surface area contributed by atoms with Gasteiger partial charge in [-0.2, -0.15) is 8.42 Å². The highest BCUT2D eigenvalue weighted by Gasteiger charge is 2.01. The first-order chi connectivity index (χ1) is 7.77. The van der Waals surface area contributed by atoms with Crippen molar-refractivity contribution in [2.24, 2.45) is 5.73 Å². The van der Waals surface area contributed by atoms with Gasteiger partial charge in [0.15, 0.2) is 0 Å². The van der Waals surface area contributed by atoms with E-state index in [9.17, 15) is 8.42 Å². The van der Waals surface area contributed by atoms with Crippen LogP contribution in [0.15, 0.2) is 30.3 Å². The number of fused-ring (bicyclic) bond motifs is 1. The smallest absolute Gasteiger partial charge is 0.261 e. The lowest BCUT2D eigenvalue weighted by molar-refractivity contribution is 0.490. The summed E-state index contributed by atoms with van der Waals surface area (Å²) in [6.45, 7) is 0. The molecule has 4 N–H and O–H groups in total. The van der Waals surface area contributed by atoms with Crippen molar-refractivity contribution in [1.29, 1.82) is 5.41 Å². The zero-order chi connectivity index (χ0) is 13.1. The van der Waals surface area contributed by atoms with Crippen LogP contribution < -0.4 is 5.73 Å². The van der Waals surface area contributed by atoms with Crippen molar-refractivity contribution in [3.63, 3.8) is 0 Å². The second-order valence-electron chi connectivity index (χ2n) is 3.30. The minimum absolute atomic E-state index is 0.149. The number of thiophene rings is 1. The fourth-order valence-corrected chi connectivity index (χ4v) is 2.04. The van der Waals surface area contributed by atoms with E-state index in [1.54, 1.807) is 11.3 Å². The molecule has 0 radical (unpaired) electrons. The Morgan fingerprint density at radius 2 is 1.94 bits per heavy atom. The molecule has 2 rings (SSSR count). The standard InChI is InChI=1S/C9H8N2S.CH4O3S/c10-9(11)8-5-6-3-1-2-4-7(6)12-8;1-5(2,3)4/h1-5H,(H3,10,11);1H3,(H,2,3,4). The van der Waals surface area contributed by atoms with Gasteiger partial charge in [-0.25, -0.2) is 0 Å². The van der Waals surface area contributed by atoms with Crippen molar-refractivity contribution in [2.45, 2.75) is 0 Å². The fourth-order valence-electron chi connectivity index (χ4n) is 1.11. The van der Waals surface area contributed by atoms with E-state index in [2.05, 4.69) is 0 Å². The number of amidine groups is 1. The van der Waals surface area contributed by atoms with E-state index in [0.29, 0.717) is 6.26 Å². The number of hydrogen-bond acceptors (Lipinski definition) is 4. The topological polar surface area (TPSA) is 104 Å². The normalized spacial score (nSPS) is 10.7. The third kappa shape index (κ3) is 4.94. The summed E-state index contributed by atoms with van der Waals surface area (Å²) in [7, 11) is -3.67. The predicted octanol–water partition coefficient (Wildman–Crippen LogP) is 1.69. The Bertz CT molecular complexity index is 591. The molecule has 0 amide bonds. The van der Waals surface area contributed by atoms with Crippen LogP contribution in [0.5, 0.6) is 0 Å². The van der Waals surface area contributed by atoms with Gasteiger partial charge >= 0.3 is 0 Å². The zero-order valence-electron chi connectivity index (χ0n) is 9.04. The molecule has 0 saturated heterocycles. The Hall–Kier alpha value is -1.44. The van der Waals surface area contributed by atoms with Gasteiger partial charge in [0.05, 0.1) is 11.1 Å². The Kier molecular flexibility index (Phi) is 4.22. The summed E-state index contributed by atoms with van der Waals surface area (Å²) >= 11 is 1.56. The molecule has 5 nitrogen and oxygen atoms in total. The first kappa shape index (κ1) is 13.6. The second-order valence-corrected chi connectivity index (χ2v) is 5.84. The molecule has 0 bridgehead atoms. The van der Waals surface area contributed by atoms with Gasteiger partial charge in [-0.3, -0.25) is 9.96 Å². The average molecular weight is 272 g/mol. The first-order valence-electron chi connectivity index (χ1n) is 4.53. The fraction of sp³-hybridized carbons (Fsp3) is 0.100. The highest BCUT2D eigenvalue weighted by Crippen LogP contribution is 2.24. The lowest BCUT2D eigenvalue weighted by Gasteiger charge is -1.85. The molecule has 0 spiro atoms. The minimum atomic E-state index is -3.67. The number of benzene rings is 1. The molecule has 0 saturated carbocycles. The Labute approximate surface area is 103 Å². The molecule has 0 aliphatic rings. The molecule has 1 aromatic heterocycles. The zero-order valence-corrected chi connectivity index (χ0v) is 10.7. The number of nitrogens with one attached hydrogen (secondary N) is 1. The summed E-state index contributed by atoms with van der Waals surface area (Å²) in [5.41, 5.74) is 5.37. The molecular weight excluding hydrogens is 260 g/mol. The van der Waals surface area contributed by atoms with Crippen molar-refractivity contribution < 1.29 is 13.0 Å². The van der Waals surface area contributed by atoms with Crippen LogP contribution in [0.4, 0.5) is 0 Å². The van der Waals surface area contributed by atoms with E-state index in [4.69, 9.17) is 15.7 Å². The Balaban J connectivity index is 0.000000249. The van der Waals surface area contributed by atoms with E-state index in [0.717, 1.165) is 10.3 Å². The van der Waals surface area contributed by atoms with Crippen LogP contribution in [0, 0.1) is 5.41 Å². The van der Waals surface area contributed by atoms with E-state index in [1.807, 2.05) is 30.3 Å². The van der Waals surface area contributed by atoms with E-state index in [-0.39, 0.29) is 5.84 Å². The van der Waals surface area contributed by atoms with Crippen molar-refractivity contribution in [2.75, 3.05) is 6.26 Å². The maximum absolute atomic E-state index is 9.19. The summed E-state index contributed by atoms with van der Waals surface area (Å²) in [4.78, 5) is 0.844. The monoisotopic (exact) mass is 272 g/mol. The van der Waals surface area contributed by atoms with Crippen LogP contribution in [0.3, 0.4) is 0 Å². The van der Waals surface area contributed by atoms with E-state index >= 15 is 0 Å². The number of rotatable bonds is 1. The number of nitrogens with two attached hydrogens (primary N) is 1. The van der Waals surface area contributed by atoms with Gasteiger partial charge in [0.25, 0.3) is 10.1 Å². The molecule has 0 fully saturated rings. The lowest BCUT2D eigenvalue weighted by Crippen LogP contribution is -2.08. The predicted molar refractivity (Wildman–Crippen MR) is 70.3 cm³/mol. The Morgan fingerprint density at radius 1 is 1.41 bits per heavy atom. The minimum Gasteiger partial charge on any atom is -0.383 e. The van der Waals surface area contributed by atoms with Crippen molar-refractivity contribution in [3.05, 3.63) is 35.2 Å².